The molecule has 0 aromatic carbocycles. The van der Waals surface area contributed by atoms with Crippen molar-refractivity contribution in [3.63, 3.8) is 0 Å². The van der Waals surface area contributed by atoms with Gasteiger partial charge in [0.2, 0.25) is 0 Å². The van der Waals surface area contributed by atoms with Gasteiger partial charge in [-0.25, -0.2) is 4.79 Å². The van der Waals surface area contributed by atoms with Crippen molar-refractivity contribution in [1.29, 1.82) is 0 Å². The van der Waals surface area contributed by atoms with E-state index < -0.39 is 5.97 Å². The number of carbonyl (C=O) groups excluding carboxylic acids is 1. The highest BCUT2D eigenvalue weighted by Gasteiger charge is 2.30. The number of nitrogens with one attached hydrogen (secondary N) is 1. The summed E-state index contributed by atoms with van der Waals surface area (Å²) in [6.45, 7) is 1.04. The van der Waals surface area contributed by atoms with Crippen molar-refractivity contribution in [3.8, 4) is 0 Å². The number of likely N-dealkylation sites (tertiary alicyclic amines) is 1. The molecule has 0 bridgehead atoms. The summed E-state index contributed by atoms with van der Waals surface area (Å²) in [6, 6.07) is 3.26. The molecule has 104 valence electrons. The molecule has 0 radical (unpaired) electrons. The van der Waals surface area contributed by atoms with E-state index in [0.717, 1.165) is 17.7 Å². The lowest BCUT2D eigenvalue weighted by Crippen LogP contribution is -2.43. The largest absolute Gasteiger partial charge is 0.481 e. The fraction of sp³-hybridized carbons (Fsp3) is 0.500. The lowest BCUT2D eigenvalue weighted by atomic mass is 10.1. The molecule has 5 nitrogen and oxygen atoms in total. The molecule has 1 saturated heterocycles. The van der Waals surface area contributed by atoms with Crippen LogP contribution in [0.15, 0.2) is 12.1 Å². The van der Waals surface area contributed by atoms with Gasteiger partial charge in [-0.15, -0.1) is 11.3 Å². The maximum absolute atomic E-state index is 12.0. The smallest absolute Gasteiger partial charge is 0.317 e. The van der Waals surface area contributed by atoms with Crippen molar-refractivity contribution >= 4 is 34.9 Å². The van der Waals surface area contributed by atoms with Crippen LogP contribution in [0.3, 0.4) is 0 Å². The van der Waals surface area contributed by atoms with Crippen molar-refractivity contribution in [1.82, 2.24) is 10.2 Å². The standard InChI is InChI=1S/C12H15ClN2O3S/c13-10-4-3-9(19-10)7-14-12(18)15-5-1-2-8(15)6-11(16)17/h3-4,8H,1-2,5-7H2,(H,14,18)(H,16,17). The van der Waals surface area contributed by atoms with E-state index in [1.807, 2.05) is 6.07 Å². The molecule has 1 aliphatic rings. The first kappa shape index (κ1) is 14.1. The third-order valence-electron chi connectivity index (χ3n) is 3.09. The first-order chi connectivity index (χ1) is 9.06. The molecule has 1 atom stereocenters. The Bertz CT molecular complexity index is 477. The van der Waals surface area contributed by atoms with Crippen molar-refractivity contribution in [3.05, 3.63) is 21.3 Å². The van der Waals surface area contributed by atoms with Crippen molar-refractivity contribution in [2.45, 2.75) is 31.8 Å². The number of halogens is 1. The van der Waals surface area contributed by atoms with Gasteiger partial charge in [-0.2, -0.15) is 0 Å². The molecule has 2 N–H and O–H groups in total. The second kappa shape index (κ2) is 6.25. The Balaban J connectivity index is 1.86. The average molecular weight is 303 g/mol. The predicted molar refractivity (Wildman–Crippen MR) is 73.5 cm³/mol. The van der Waals surface area contributed by atoms with Crippen LogP contribution in [0, 0.1) is 0 Å². The Hall–Kier alpha value is -1.27. The quantitative estimate of drug-likeness (QED) is 0.898. The monoisotopic (exact) mass is 302 g/mol. The predicted octanol–water partition coefficient (Wildman–Crippen LogP) is 2.55. The van der Waals surface area contributed by atoms with Crippen LogP contribution in [0.1, 0.15) is 24.1 Å². The van der Waals surface area contributed by atoms with Crippen LogP contribution in [-0.4, -0.2) is 34.6 Å². The summed E-state index contributed by atoms with van der Waals surface area (Å²) in [4.78, 5) is 25.3. The van der Waals surface area contributed by atoms with Crippen LogP contribution in [0.2, 0.25) is 4.34 Å². The average Bonchev–Trinajstić information content (AvgIpc) is 2.94. The van der Waals surface area contributed by atoms with Crippen LogP contribution in [0.5, 0.6) is 0 Å². The number of urea groups is 1. The number of carboxylic acids is 1. The molecule has 7 heteroatoms. The van der Waals surface area contributed by atoms with E-state index in [0.29, 0.717) is 17.4 Å². The minimum absolute atomic E-state index is 0.0122. The summed E-state index contributed by atoms with van der Waals surface area (Å²) in [5.74, 6) is -0.866. The van der Waals surface area contributed by atoms with Gasteiger partial charge in [0.1, 0.15) is 0 Å². The van der Waals surface area contributed by atoms with Gasteiger partial charge in [-0.1, -0.05) is 11.6 Å². The van der Waals surface area contributed by atoms with Gasteiger partial charge in [0.15, 0.2) is 0 Å². The number of hydrogen-bond acceptors (Lipinski definition) is 3. The number of thiophene rings is 1. The highest BCUT2D eigenvalue weighted by molar-refractivity contribution is 7.16. The molecule has 1 unspecified atom stereocenters. The Labute approximate surface area is 120 Å². The van der Waals surface area contributed by atoms with Crippen LogP contribution in [0.4, 0.5) is 4.79 Å². The van der Waals surface area contributed by atoms with Gasteiger partial charge in [-0.05, 0) is 25.0 Å². The number of carboxylic acid groups (broad SMARTS) is 1. The molecule has 0 saturated carbocycles. The van der Waals surface area contributed by atoms with Gasteiger partial charge in [0.05, 0.1) is 17.3 Å². The molecule has 2 rings (SSSR count). The summed E-state index contributed by atoms with van der Waals surface area (Å²) in [5, 5.41) is 11.6. The van der Waals surface area contributed by atoms with Crippen molar-refractivity contribution in [2.75, 3.05) is 6.54 Å². The van der Waals surface area contributed by atoms with E-state index >= 15 is 0 Å². The van der Waals surface area contributed by atoms with Gasteiger partial charge in [0, 0.05) is 17.5 Å². The third-order valence-corrected chi connectivity index (χ3v) is 4.32. The number of hydrogen-bond donors (Lipinski definition) is 2. The number of rotatable bonds is 4. The van der Waals surface area contributed by atoms with Crippen molar-refractivity contribution < 1.29 is 14.7 Å². The number of aliphatic carboxylic acids is 1. The van der Waals surface area contributed by atoms with Gasteiger partial charge >= 0.3 is 12.0 Å². The lowest BCUT2D eigenvalue weighted by Gasteiger charge is -2.23. The Morgan fingerprint density at radius 2 is 2.32 bits per heavy atom. The van der Waals surface area contributed by atoms with E-state index in [1.165, 1.54) is 11.3 Å². The maximum atomic E-state index is 12.0. The number of carbonyl (C=O) groups is 2. The molecular formula is C12H15ClN2O3S. The zero-order valence-electron chi connectivity index (χ0n) is 10.3. The van der Waals surface area contributed by atoms with Gasteiger partial charge < -0.3 is 15.3 Å². The van der Waals surface area contributed by atoms with Crippen LogP contribution in [0.25, 0.3) is 0 Å². The lowest BCUT2D eigenvalue weighted by molar-refractivity contribution is -0.137. The Morgan fingerprint density at radius 3 is 2.95 bits per heavy atom. The SMILES string of the molecule is O=C(O)CC1CCCN1C(=O)NCc1ccc(Cl)s1. The normalized spacial score (nSPS) is 18.6. The second-order valence-electron chi connectivity index (χ2n) is 4.45. The zero-order valence-corrected chi connectivity index (χ0v) is 11.8. The van der Waals surface area contributed by atoms with E-state index in [9.17, 15) is 9.59 Å². The van der Waals surface area contributed by atoms with Crippen LogP contribution < -0.4 is 5.32 Å². The minimum atomic E-state index is -0.866. The van der Waals surface area contributed by atoms with E-state index in [4.69, 9.17) is 16.7 Å². The topological polar surface area (TPSA) is 69.6 Å². The van der Waals surface area contributed by atoms with E-state index in [1.54, 1.807) is 11.0 Å². The first-order valence-electron chi connectivity index (χ1n) is 6.06. The summed E-state index contributed by atoms with van der Waals surface area (Å²) < 4.78 is 0.689. The second-order valence-corrected chi connectivity index (χ2v) is 6.25. The van der Waals surface area contributed by atoms with E-state index in [2.05, 4.69) is 5.32 Å². The molecule has 1 aromatic heterocycles. The molecule has 19 heavy (non-hydrogen) atoms. The summed E-state index contributed by atoms with van der Waals surface area (Å²) in [5.41, 5.74) is 0. The molecule has 1 aliphatic heterocycles. The summed E-state index contributed by atoms with van der Waals surface area (Å²) in [7, 11) is 0. The molecule has 0 spiro atoms. The Kier molecular flexibility index (Phi) is 4.66. The fourth-order valence-electron chi connectivity index (χ4n) is 2.23. The molecule has 1 fully saturated rings. The molecule has 1 aromatic rings. The van der Waals surface area contributed by atoms with E-state index in [-0.39, 0.29) is 18.5 Å². The zero-order chi connectivity index (χ0) is 13.8. The number of amides is 2. The summed E-state index contributed by atoms with van der Waals surface area (Å²) >= 11 is 7.24. The number of nitrogens with zero attached hydrogens (tertiary/aromatic N) is 1. The highest BCUT2D eigenvalue weighted by atomic mass is 35.5. The molecule has 2 amide bonds. The molecule has 2 heterocycles. The highest BCUT2D eigenvalue weighted by Crippen LogP contribution is 2.22. The fourth-order valence-corrected chi connectivity index (χ4v) is 3.26. The first-order valence-corrected chi connectivity index (χ1v) is 7.26. The van der Waals surface area contributed by atoms with Crippen LogP contribution in [-0.2, 0) is 11.3 Å². The molecule has 0 aliphatic carbocycles. The molecular weight excluding hydrogens is 288 g/mol. The van der Waals surface area contributed by atoms with Crippen molar-refractivity contribution in [2.24, 2.45) is 0 Å². The summed E-state index contributed by atoms with van der Waals surface area (Å²) in [6.07, 6.45) is 1.62. The van der Waals surface area contributed by atoms with Crippen LogP contribution >= 0.6 is 22.9 Å². The Morgan fingerprint density at radius 1 is 1.53 bits per heavy atom. The van der Waals surface area contributed by atoms with Gasteiger partial charge in [0.25, 0.3) is 0 Å². The minimum Gasteiger partial charge on any atom is -0.481 e. The maximum Gasteiger partial charge on any atom is 0.317 e. The third kappa shape index (κ3) is 3.84. The van der Waals surface area contributed by atoms with Gasteiger partial charge in [-0.3, -0.25) is 4.79 Å².